The maximum atomic E-state index is 4.13. The summed E-state index contributed by atoms with van der Waals surface area (Å²) in [4.78, 5) is 1.02. The summed E-state index contributed by atoms with van der Waals surface area (Å²) in [5.74, 6) is 0. The number of thiol groups is 1. The fraction of sp³-hybridized carbons (Fsp3) is 0.143. The zero-order valence-corrected chi connectivity index (χ0v) is 6.65. The van der Waals surface area contributed by atoms with E-state index in [0.29, 0.717) is 0 Å². The monoisotopic (exact) mass is 132 g/mol. The van der Waals surface area contributed by atoms with Crippen molar-refractivity contribution >= 4 is 12.6 Å². The predicted molar refractivity (Wildman–Crippen MR) is 39.5 cm³/mol. The van der Waals surface area contributed by atoms with Gasteiger partial charge in [-0.1, -0.05) is 17.7 Å². The minimum atomic E-state index is 0. The maximum Gasteiger partial charge on any atom is 1.00 e. The van der Waals surface area contributed by atoms with Crippen molar-refractivity contribution in [2.24, 2.45) is 0 Å². The van der Waals surface area contributed by atoms with Crippen molar-refractivity contribution in [2.75, 3.05) is 0 Å². The van der Waals surface area contributed by atoms with Crippen molar-refractivity contribution in [1.29, 1.82) is 0 Å². The quantitative estimate of drug-likeness (QED) is 0.354. The van der Waals surface area contributed by atoms with Crippen LogP contribution in [0.1, 0.15) is 6.99 Å². The Balaban J connectivity index is 0. The Hall–Kier alpha value is 0.167. The average Bonchev–Trinajstić information content (AvgIpc) is 1.77. The second-order valence-corrected chi connectivity index (χ2v) is 2.35. The van der Waals surface area contributed by atoms with Crippen molar-refractivity contribution in [3.8, 4) is 0 Å². The van der Waals surface area contributed by atoms with Gasteiger partial charge in [0.2, 0.25) is 0 Å². The predicted octanol–water partition coefficient (Wildman–Crippen LogP) is -0.600. The second kappa shape index (κ2) is 4.06. The van der Waals surface area contributed by atoms with Crippen molar-refractivity contribution in [3.63, 3.8) is 0 Å². The van der Waals surface area contributed by atoms with E-state index in [1.807, 2.05) is 24.3 Å². The van der Waals surface area contributed by atoms with E-state index in [0.717, 1.165) is 4.90 Å². The first-order chi connectivity index (χ1) is 3.79. The Morgan fingerprint density at radius 3 is 2.00 bits per heavy atom. The third-order valence-corrected chi connectivity index (χ3v) is 1.33. The molecule has 0 N–H and O–H groups in total. The van der Waals surface area contributed by atoms with Crippen molar-refractivity contribution in [3.05, 3.63) is 29.8 Å². The Morgan fingerprint density at radius 2 is 1.67 bits per heavy atom. The molecular formula is C7H9LiS. The smallest absolute Gasteiger partial charge is 1.00 e. The first-order valence-corrected chi connectivity index (χ1v) is 2.99. The molecule has 1 aromatic rings. The topological polar surface area (TPSA) is 0 Å². The van der Waals surface area contributed by atoms with E-state index in [4.69, 9.17) is 0 Å². The zero-order chi connectivity index (χ0) is 5.98. The Morgan fingerprint density at radius 1 is 1.22 bits per heavy atom. The van der Waals surface area contributed by atoms with E-state index in [9.17, 15) is 0 Å². The van der Waals surface area contributed by atoms with Crippen LogP contribution >= 0.6 is 12.6 Å². The summed E-state index contributed by atoms with van der Waals surface area (Å²) in [5.41, 5.74) is 1.28. The van der Waals surface area contributed by atoms with Gasteiger partial charge in [0.25, 0.3) is 0 Å². The second-order valence-electron chi connectivity index (χ2n) is 1.84. The Bertz CT molecular complexity index is 152. The summed E-state index contributed by atoms with van der Waals surface area (Å²) in [6.07, 6.45) is 0. The number of benzene rings is 1. The van der Waals surface area contributed by atoms with Crippen molar-refractivity contribution < 1.29 is 20.3 Å². The van der Waals surface area contributed by atoms with Gasteiger partial charge < -0.3 is 1.43 Å². The fourth-order valence-electron chi connectivity index (χ4n) is 0.545. The molecular weight excluding hydrogens is 123 g/mol. The van der Waals surface area contributed by atoms with Crippen LogP contribution < -0.4 is 18.9 Å². The molecule has 0 saturated carbocycles. The van der Waals surface area contributed by atoms with E-state index in [-0.39, 0.29) is 20.3 Å². The molecule has 0 aliphatic carbocycles. The van der Waals surface area contributed by atoms with Crippen LogP contribution in [0.3, 0.4) is 0 Å². The normalized spacial score (nSPS) is 8.22. The first-order valence-electron chi connectivity index (χ1n) is 2.54. The van der Waals surface area contributed by atoms with Gasteiger partial charge in [-0.3, -0.25) is 0 Å². The van der Waals surface area contributed by atoms with Gasteiger partial charge in [0, 0.05) is 4.90 Å². The van der Waals surface area contributed by atoms with Crippen molar-refractivity contribution in [2.45, 2.75) is 11.8 Å². The summed E-state index contributed by atoms with van der Waals surface area (Å²) in [6.45, 7) is 2.06. The number of hydrogen-bond donors (Lipinski definition) is 1. The maximum absolute atomic E-state index is 4.13. The van der Waals surface area contributed by atoms with Crippen LogP contribution in [0.4, 0.5) is 0 Å². The molecule has 0 fully saturated rings. The molecule has 1 aromatic carbocycles. The van der Waals surface area contributed by atoms with Crippen LogP contribution in [0.5, 0.6) is 0 Å². The molecule has 0 unspecified atom stereocenters. The number of rotatable bonds is 0. The van der Waals surface area contributed by atoms with Gasteiger partial charge in [-0.15, -0.1) is 12.6 Å². The Labute approximate surface area is 74.7 Å². The largest absolute Gasteiger partial charge is 1.00 e. The Kier molecular flexibility index (Phi) is 4.13. The van der Waals surface area contributed by atoms with E-state index in [2.05, 4.69) is 19.6 Å². The molecule has 0 radical (unpaired) electrons. The fourth-order valence-corrected chi connectivity index (χ4v) is 0.694. The zero-order valence-electron chi connectivity index (χ0n) is 6.76. The summed E-state index contributed by atoms with van der Waals surface area (Å²) in [6, 6.07) is 8.06. The molecule has 44 valence electrons. The van der Waals surface area contributed by atoms with E-state index in [1.165, 1.54) is 5.56 Å². The van der Waals surface area contributed by atoms with Crippen LogP contribution in [0.2, 0.25) is 0 Å². The van der Waals surface area contributed by atoms with Crippen LogP contribution in [-0.2, 0) is 0 Å². The molecule has 0 atom stereocenters. The third kappa shape index (κ3) is 3.01. The molecule has 0 aliphatic heterocycles. The van der Waals surface area contributed by atoms with E-state index >= 15 is 0 Å². The molecule has 0 aliphatic rings. The van der Waals surface area contributed by atoms with Gasteiger partial charge in [-0.05, 0) is 19.1 Å². The molecule has 9 heavy (non-hydrogen) atoms. The summed E-state index contributed by atoms with van der Waals surface area (Å²) in [5, 5.41) is 0. The van der Waals surface area contributed by atoms with Crippen molar-refractivity contribution in [1.82, 2.24) is 0 Å². The molecule has 0 heterocycles. The number of aryl methyl sites for hydroxylation is 1. The standard InChI is InChI=1S/C7H8S.Li.H/c1-6-2-4-7(8)5-3-6;;/h2-5,8H,1H3;;/q;+1;-1. The minimum absolute atomic E-state index is 0. The molecule has 2 heteroatoms. The van der Waals surface area contributed by atoms with Gasteiger partial charge in [-0.25, -0.2) is 0 Å². The molecule has 0 nitrogen and oxygen atoms in total. The van der Waals surface area contributed by atoms with Crippen LogP contribution in [0.15, 0.2) is 29.2 Å². The van der Waals surface area contributed by atoms with Crippen LogP contribution in [-0.4, -0.2) is 0 Å². The van der Waals surface area contributed by atoms with Gasteiger partial charge in [0.05, 0.1) is 0 Å². The van der Waals surface area contributed by atoms with E-state index in [1.54, 1.807) is 0 Å². The van der Waals surface area contributed by atoms with Crippen LogP contribution in [0.25, 0.3) is 0 Å². The molecule has 0 spiro atoms. The first kappa shape index (κ1) is 9.17. The molecule has 0 aromatic heterocycles. The van der Waals surface area contributed by atoms with Gasteiger partial charge in [0.1, 0.15) is 0 Å². The summed E-state index contributed by atoms with van der Waals surface area (Å²) in [7, 11) is 0. The molecule has 0 amide bonds. The minimum Gasteiger partial charge on any atom is -1.00 e. The average molecular weight is 132 g/mol. The number of hydrogen-bond acceptors (Lipinski definition) is 1. The SMILES string of the molecule is Cc1ccc(S)cc1.[H-].[Li+]. The molecule has 0 saturated heterocycles. The molecule has 1 rings (SSSR count). The summed E-state index contributed by atoms with van der Waals surface area (Å²) < 4.78 is 0. The van der Waals surface area contributed by atoms with E-state index < -0.39 is 0 Å². The third-order valence-electron chi connectivity index (χ3n) is 1.03. The van der Waals surface area contributed by atoms with Gasteiger partial charge >= 0.3 is 18.9 Å². The van der Waals surface area contributed by atoms with Gasteiger partial charge in [0.15, 0.2) is 0 Å². The van der Waals surface area contributed by atoms with Gasteiger partial charge in [-0.2, -0.15) is 0 Å². The van der Waals surface area contributed by atoms with Crippen LogP contribution in [0, 0.1) is 6.92 Å². The molecule has 0 bridgehead atoms. The summed E-state index contributed by atoms with van der Waals surface area (Å²) >= 11 is 4.13.